The number of nitrogens with zero attached hydrogens (tertiary/aromatic N) is 2. The van der Waals surface area contributed by atoms with E-state index in [1.807, 2.05) is 84.0 Å². The van der Waals surface area contributed by atoms with Crippen LogP contribution in [0.15, 0.2) is 48.5 Å². The Labute approximate surface area is 135 Å². The summed E-state index contributed by atoms with van der Waals surface area (Å²) >= 11 is 0. The molecule has 0 spiro atoms. The van der Waals surface area contributed by atoms with Gasteiger partial charge in [0, 0.05) is 0 Å². The minimum Gasteiger partial charge on any atom is -0.192 e. The fourth-order valence-electron chi connectivity index (χ4n) is 1.41. The van der Waals surface area contributed by atoms with E-state index in [1.165, 1.54) is 0 Å². The number of nitriles is 2. The maximum atomic E-state index is 8.47. The van der Waals surface area contributed by atoms with Gasteiger partial charge in [-0.25, -0.2) is 0 Å². The van der Waals surface area contributed by atoms with E-state index >= 15 is 0 Å². The van der Waals surface area contributed by atoms with Gasteiger partial charge < -0.3 is 0 Å². The highest BCUT2D eigenvalue weighted by atomic mass is 14.2. The Morgan fingerprint density at radius 2 is 1.32 bits per heavy atom. The summed E-state index contributed by atoms with van der Waals surface area (Å²) in [6, 6.07) is 19.2. The van der Waals surface area contributed by atoms with E-state index in [0.717, 1.165) is 22.3 Å². The van der Waals surface area contributed by atoms with E-state index < -0.39 is 0 Å². The molecule has 0 radical (unpaired) electrons. The van der Waals surface area contributed by atoms with Crippen molar-refractivity contribution in [1.29, 1.82) is 10.5 Å². The van der Waals surface area contributed by atoms with Gasteiger partial charge in [0.1, 0.15) is 0 Å². The summed E-state index contributed by atoms with van der Waals surface area (Å²) in [5.41, 5.74) is 3.67. The topological polar surface area (TPSA) is 47.6 Å². The molecule has 0 saturated carbocycles. The van der Waals surface area contributed by atoms with Gasteiger partial charge in [-0.2, -0.15) is 10.5 Å². The molecule has 0 bridgehead atoms. The molecule has 0 aliphatic rings. The Hall–Kier alpha value is -2.58. The molecular weight excluding hydrogens is 268 g/mol. The first-order valence-corrected chi connectivity index (χ1v) is 7.60. The largest absolute Gasteiger partial charge is 0.192 e. The van der Waals surface area contributed by atoms with Crippen molar-refractivity contribution in [2.75, 3.05) is 0 Å². The van der Waals surface area contributed by atoms with Crippen LogP contribution in [0.3, 0.4) is 0 Å². The first kappa shape index (κ1) is 21.7. The average Bonchev–Trinajstić information content (AvgIpc) is 2.59. The fourth-order valence-corrected chi connectivity index (χ4v) is 1.41. The third-order valence-corrected chi connectivity index (χ3v) is 2.41. The Balaban J connectivity index is 0. The van der Waals surface area contributed by atoms with Gasteiger partial charge in [-0.15, -0.1) is 0 Å². The molecular formula is C20H26N2. The molecule has 2 rings (SSSR count). The van der Waals surface area contributed by atoms with Gasteiger partial charge in [0.25, 0.3) is 0 Å². The molecule has 0 heterocycles. The van der Waals surface area contributed by atoms with E-state index in [1.54, 1.807) is 6.07 Å². The number of benzene rings is 2. The van der Waals surface area contributed by atoms with Gasteiger partial charge in [0.15, 0.2) is 0 Å². The standard InChI is InChI=1S/2C8H7N.2C2H6/c1-7-3-2-4-8(5-7)6-9;1-7-4-2-3-5-8(7)6-9;2*1-2/h2*2-5H,1H3;2*1-2H3. The molecule has 0 amide bonds. The van der Waals surface area contributed by atoms with Crippen molar-refractivity contribution in [2.45, 2.75) is 41.5 Å². The molecule has 0 aromatic heterocycles. The lowest BCUT2D eigenvalue weighted by Crippen LogP contribution is -1.77. The van der Waals surface area contributed by atoms with Crippen LogP contribution in [0.1, 0.15) is 49.9 Å². The van der Waals surface area contributed by atoms with Gasteiger partial charge >= 0.3 is 0 Å². The molecule has 0 unspecified atom stereocenters. The van der Waals surface area contributed by atoms with E-state index in [4.69, 9.17) is 10.5 Å². The fraction of sp³-hybridized carbons (Fsp3) is 0.300. The second-order valence-electron chi connectivity index (χ2n) is 3.91. The lowest BCUT2D eigenvalue weighted by Gasteiger charge is -1.90. The van der Waals surface area contributed by atoms with Crippen molar-refractivity contribution in [2.24, 2.45) is 0 Å². The molecule has 0 saturated heterocycles. The van der Waals surface area contributed by atoms with E-state index in [9.17, 15) is 0 Å². The summed E-state index contributed by atoms with van der Waals surface area (Å²) < 4.78 is 0. The molecule has 2 nitrogen and oxygen atoms in total. The van der Waals surface area contributed by atoms with Crippen LogP contribution < -0.4 is 0 Å². The van der Waals surface area contributed by atoms with Crippen LogP contribution in [0.4, 0.5) is 0 Å². The Morgan fingerprint density at radius 1 is 0.727 bits per heavy atom. The SMILES string of the molecule is CC.CC.Cc1cccc(C#N)c1.Cc1ccccc1C#N. The Morgan fingerprint density at radius 3 is 1.68 bits per heavy atom. The van der Waals surface area contributed by atoms with Gasteiger partial charge in [0.05, 0.1) is 23.3 Å². The van der Waals surface area contributed by atoms with Gasteiger partial charge in [-0.1, -0.05) is 58.0 Å². The van der Waals surface area contributed by atoms with Crippen LogP contribution in [0.5, 0.6) is 0 Å². The summed E-state index contributed by atoms with van der Waals surface area (Å²) in [6.07, 6.45) is 0. The second-order valence-corrected chi connectivity index (χ2v) is 3.91. The molecule has 0 aliphatic carbocycles. The van der Waals surface area contributed by atoms with E-state index in [0.29, 0.717) is 0 Å². The third-order valence-electron chi connectivity index (χ3n) is 2.41. The molecule has 0 fully saturated rings. The number of aryl methyl sites for hydroxylation is 2. The van der Waals surface area contributed by atoms with Crippen LogP contribution in [0.25, 0.3) is 0 Å². The predicted octanol–water partition coefficient (Wildman–Crippen LogP) is 5.79. The zero-order valence-electron chi connectivity index (χ0n) is 14.5. The van der Waals surface area contributed by atoms with E-state index in [-0.39, 0.29) is 0 Å². The Bertz CT molecular complexity index is 602. The first-order chi connectivity index (χ1) is 10.7. The van der Waals surface area contributed by atoms with E-state index in [2.05, 4.69) is 12.1 Å². The number of rotatable bonds is 0. The van der Waals surface area contributed by atoms with Crippen LogP contribution in [0, 0.1) is 36.5 Å². The minimum atomic E-state index is 0.731. The maximum Gasteiger partial charge on any atom is 0.0994 e. The molecule has 0 aliphatic heterocycles. The molecule has 0 atom stereocenters. The van der Waals surface area contributed by atoms with Gasteiger partial charge in [-0.05, 0) is 43.2 Å². The highest BCUT2D eigenvalue weighted by molar-refractivity contribution is 5.35. The average molecular weight is 294 g/mol. The summed E-state index contributed by atoms with van der Waals surface area (Å²) in [7, 11) is 0. The maximum absolute atomic E-state index is 8.47. The summed E-state index contributed by atoms with van der Waals surface area (Å²) in [4.78, 5) is 0. The van der Waals surface area contributed by atoms with Crippen LogP contribution in [-0.2, 0) is 0 Å². The van der Waals surface area contributed by atoms with Crippen molar-refractivity contribution in [1.82, 2.24) is 0 Å². The van der Waals surface area contributed by atoms with Crippen LogP contribution in [0.2, 0.25) is 0 Å². The predicted molar refractivity (Wildman–Crippen MR) is 94.5 cm³/mol. The van der Waals surface area contributed by atoms with Crippen molar-refractivity contribution in [3.05, 3.63) is 70.8 Å². The summed E-state index contributed by atoms with van der Waals surface area (Å²) in [5, 5.41) is 16.9. The monoisotopic (exact) mass is 294 g/mol. The molecule has 0 N–H and O–H groups in total. The molecule has 2 heteroatoms. The number of hydrogen-bond acceptors (Lipinski definition) is 2. The zero-order chi connectivity index (χ0) is 17.4. The normalized spacial score (nSPS) is 7.45. The van der Waals surface area contributed by atoms with Gasteiger partial charge in [0.2, 0.25) is 0 Å². The van der Waals surface area contributed by atoms with Crippen LogP contribution >= 0.6 is 0 Å². The molecule has 22 heavy (non-hydrogen) atoms. The molecule has 2 aromatic carbocycles. The van der Waals surface area contributed by atoms with Crippen molar-refractivity contribution < 1.29 is 0 Å². The second kappa shape index (κ2) is 14.8. The summed E-state index contributed by atoms with van der Waals surface area (Å²) in [6.45, 7) is 11.9. The highest BCUT2D eigenvalue weighted by Gasteiger charge is 1.90. The summed E-state index contributed by atoms with van der Waals surface area (Å²) in [5.74, 6) is 0. The zero-order valence-corrected chi connectivity index (χ0v) is 14.5. The number of hydrogen-bond donors (Lipinski definition) is 0. The van der Waals surface area contributed by atoms with Crippen molar-refractivity contribution in [3.8, 4) is 12.1 Å². The van der Waals surface area contributed by atoms with Crippen LogP contribution in [-0.4, -0.2) is 0 Å². The van der Waals surface area contributed by atoms with Gasteiger partial charge in [-0.3, -0.25) is 0 Å². The highest BCUT2D eigenvalue weighted by Crippen LogP contribution is 2.03. The lowest BCUT2D eigenvalue weighted by atomic mass is 10.1. The molecule has 2 aromatic rings. The molecule has 116 valence electrons. The minimum absolute atomic E-state index is 0.731. The Kier molecular flexibility index (Phi) is 14.6. The van der Waals surface area contributed by atoms with Crippen molar-refractivity contribution in [3.63, 3.8) is 0 Å². The lowest BCUT2D eigenvalue weighted by molar-refractivity contribution is 1.39. The third kappa shape index (κ3) is 9.34. The smallest absolute Gasteiger partial charge is 0.0994 e. The first-order valence-electron chi connectivity index (χ1n) is 7.60. The van der Waals surface area contributed by atoms with Crippen molar-refractivity contribution >= 4 is 0 Å². The quantitative estimate of drug-likeness (QED) is 0.617.